The molecule has 0 atom stereocenters. The lowest BCUT2D eigenvalue weighted by molar-refractivity contribution is 0.190. The zero-order valence-corrected chi connectivity index (χ0v) is 13.8. The van der Waals surface area contributed by atoms with Gasteiger partial charge in [-0.15, -0.1) is 0 Å². The fourth-order valence-corrected chi connectivity index (χ4v) is 2.45. The number of hydrogen-bond acceptors (Lipinski definition) is 9. The van der Waals surface area contributed by atoms with Crippen LogP contribution in [-0.2, 0) is 9.47 Å². The second-order valence-electron chi connectivity index (χ2n) is 4.50. The highest BCUT2D eigenvalue weighted by Crippen LogP contribution is 2.22. The molecule has 0 amide bonds. The molecule has 0 aliphatic rings. The van der Waals surface area contributed by atoms with Crippen LogP contribution < -0.4 is 10.2 Å². The predicted octanol–water partition coefficient (Wildman–Crippen LogP) is 1.65. The summed E-state index contributed by atoms with van der Waals surface area (Å²) < 4.78 is 10.3. The van der Waals surface area contributed by atoms with Gasteiger partial charge < -0.3 is 19.7 Å². The van der Waals surface area contributed by atoms with Crippen molar-refractivity contribution in [2.75, 3.05) is 50.7 Å². The minimum Gasteiger partial charge on any atom is -0.383 e. The first-order valence-electron chi connectivity index (χ1n) is 6.94. The molecule has 0 fully saturated rings. The molecular weight excluding hydrogens is 316 g/mol. The Morgan fingerprint density at radius 1 is 1.22 bits per heavy atom. The Kier molecular flexibility index (Phi) is 6.68. The molecule has 0 saturated carbocycles. The topological polar surface area (TPSA) is 96.2 Å². The van der Waals surface area contributed by atoms with Gasteiger partial charge in [0.25, 0.3) is 0 Å². The van der Waals surface area contributed by atoms with Crippen molar-refractivity contribution in [2.24, 2.45) is 0 Å². The average Bonchev–Trinajstić information content (AvgIpc) is 3.03. The number of rotatable bonds is 9. The molecule has 23 heavy (non-hydrogen) atoms. The van der Waals surface area contributed by atoms with E-state index in [1.807, 2.05) is 6.07 Å². The highest BCUT2D eigenvalue weighted by molar-refractivity contribution is 7.16. The highest BCUT2D eigenvalue weighted by Gasteiger charge is 2.10. The van der Waals surface area contributed by atoms with Crippen LogP contribution in [0.3, 0.4) is 0 Å². The van der Waals surface area contributed by atoms with Crippen LogP contribution in [0.1, 0.15) is 4.88 Å². The molecular formula is C14H18N6O2S. The van der Waals surface area contributed by atoms with E-state index in [1.165, 1.54) is 23.9 Å². The Hall–Kier alpha value is -2.28. The fourth-order valence-electron chi connectivity index (χ4n) is 1.83. The number of nitrogens with zero attached hydrogens (tertiary/aromatic N) is 5. The van der Waals surface area contributed by atoms with Crippen LogP contribution in [0.25, 0.3) is 0 Å². The molecule has 0 radical (unpaired) electrons. The summed E-state index contributed by atoms with van der Waals surface area (Å²) in [6.45, 7) is 2.58. The normalized spacial score (nSPS) is 10.3. The van der Waals surface area contributed by atoms with Gasteiger partial charge in [-0.1, -0.05) is 11.3 Å². The molecule has 0 unspecified atom stereocenters. The van der Waals surface area contributed by atoms with Gasteiger partial charge in [-0.3, -0.25) is 0 Å². The number of hydrogen-bond donors (Lipinski definition) is 1. The van der Waals surface area contributed by atoms with E-state index >= 15 is 0 Å². The van der Waals surface area contributed by atoms with E-state index in [9.17, 15) is 0 Å². The van der Waals surface area contributed by atoms with Gasteiger partial charge in [-0.05, 0) is 0 Å². The molecule has 9 heteroatoms. The standard InChI is InChI=1S/C14H18N6O2S/c1-21-5-3-20(4-6-22-2)13-7-12(17-10-18-13)19-14-16-9-11(8-15)23-14/h7,9-10H,3-6H2,1-2H3,(H,16,17,18,19). The molecule has 2 aromatic rings. The van der Waals surface area contributed by atoms with E-state index in [1.54, 1.807) is 14.2 Å². The third-order valence-electron chi connectivity index (χ3n) is 2.96. The molecule has 0 bridgehead atoms. The molecule has 0 aliphatic heterocycles. The summed E-state index contributed by atoms with van der Waals surface area (Å²) in [5.74, 6) is 1.39. The number of thiazole rings is 1. The molecule has 0 saturated heterocycles. The van der Waals surface area contributed by atoms with Crippen molar-refractivity contribution in [3.8, 4) is 6.07 Å². The second kappa shape index (κ2) is 8.99. The maximum atomic E-state index is 8.84. The number of aromatic nitrogens is 3. The maximum absolute atomic E-state index is 8.84. The van der Waals surface area contributed by atoms with Gasteiger partial charge in [0.2, 0.25) is 0 Å². The molecule has 0 aromatic carbocycles. The van der Waals surface area contributed by atoms with Crippen LogP contribution in [0.15, 0.2) is 18.6 Å². The van der Waals surface area contributed by atoms with Gasteiger partial charge >= 0.3 is 0 Å². The summed E-state index contributed by atoms with van der Waals surface area (Å²) >= 11 is 1.27. The predicted molar refractivity (Wildman–Crippen MR) is 88.1 cm³/mol. The maximum Gasteiger partial charge on any atom is 0.189 e. The van der Waals surface area contributed by atoms with E-state index in [-0.39, 0.29) is 0 Å². The van der Waals surface area contributed by atoms with Crippen molar-refractivity contribution in [3.63, 3.8) is 0 Å². The molecule has 0 aliphatic carbocycles. The van der Waals surface area contributed by atoms with Crippen molar-refractivity contribution in [3.05, 3.63) is 23.5 Å². The zero-order chi connectivity index (χ0) is 16.5. The van der Waals surface area contributed by atoms with E-state index < -0.39 is 0 Å². The minimum absolute atomic E-state index is 0.545. The average molecular weight is 334 g/mol. The number of methoxy groups -OCH3 is 2. The first-order chi connectivity index (χ1) is 11.3. The van der Waals surface area contributed by atoms with Gasteiger partial charge in [0.1, 0.15) is 28.9 Å². The molecule has 122 valence electrons. The molecule has 1 N–H and O–H groups in total. The third-order valence-corrected chi connectivity index (χ3v) is 3.78. The number of nitriles is 1. The highest BCUT2D eigenvalue weighted by atomic mass is 32.1. The number of nitrogens with one attached hydrogen (secondary N) is 1. The SMILES string of the molecule is COCCN(CCOC)c1cc(Nc2ncc(C#N)s2)ncn1. The summed E-state index contributed by atoms with van der Waals surface area (Å²) in [5.41, 5.74) is 0. The van der Waals surface area contributed by atoms with Crippen LogP contribution in [0.2, 0.25) is 0 Å². The summed E-state index contributed by atoms with van der Waals surface area (Å²) in [4.78, 5) is 15.2. The Bertz CT molecular complexity index is 649. The van der Waals surface area contributed by atoms with E-state index in [4.69, 9.17) is 14.7 Å². The van der Waals surface area contributed by atoms with Gasteiger partial charge in [0, 0.05) is 33.4 Å². The third kappa shape index (κ3) is 5.14. The van der Waals surface area contributed by atoms with Crippen LogP contribution >= 0.6 is 11.3 Å². The van der Waals surface area contributed by atoms with Crippen molar-refractivity contribution in [1.29, 1.82) is 5.26 Å². The summed E-state index contributed by atoms with van der Waals surface area (Å²) in [5, 5.41) is 12.5. The molecule has 0 spiro atoms. The van der Waals surface area contributed by atoms with Crippen LogP contribution in [0, 0.1) is 11.3 Å². The van der Waals surface area contributed by atoms with Gasteiger partial charge in [-0.2, -0.15) is 5.26 Å². The number of anilines is 3. The van der Waals surface area contributed by atoms with Crippen molar-refractivity contribution < 1.29 is 9.47 Å². The Morgan fingerprint density at radius 2 is 1.96 bits per heavy atom. The lowest BCUT2D eigenvalue weighted by Crippen LogP contribution is -2.31. The second-order valence-corrected chi connectivity index (χ2v) is 5.53. The summed E-state index contributed by atoms with van der Waals surface area (Å²) in [6.07, 6.45) is 3.02. The fraction of sp³-hybridized carbons (Fsp3) is 0.429. The van der Waals surface area contributed by atoms with Crippen molar-refractivity contribution in [1.82, 2.24) is 15.0 Å². The van der Waals surface area contributed by atoms with Crippen molar-refractivity contribution in [2.45, 2.75) is 0 Å². The van der Waals surface area contributed by atoms with Gasteiger partial charge in [0.05, 0.1) is 19.4 Å². The quantitative estimate of drug-likeness (QED) is 0.739. The molecule has 2 heterocycles. The largest absolute Gasteiger partial charge is 0.383 e. The van der Waals surface area contributed by atoms with Crippen LogP contribution in [0.5, 0.6) is 0 Å². The van der Waals surface area contributed by atoms with Crippen molar-refractivity contribution >= 4 is 28.1 Å². The van der Waals surface area contributed by atoms with Crippen LogP contribution in [-0.4, -0.2) is 55.5 Å². The first kappa shape index (κ1) is 17.1. The minimum atomic E-state index is 0.545. The Balaban J connectivity index is 2.10. The van der Waals surface area contributed by atoms with Crippen LogP contribution in [0.4, 0.5) is 16.8 Å². The summed E-state index contributed by atoms with van der Waals surface area (Å²) in [7, 11) is 3.33. The van der Waals surface area contributed by atoms with E-state index in [0.717, 1.165) is 5.82 Å². The number of ether oxygens (including phenoxy) is 2. The molecule has 2 aromatic heterocycles. The van der Waals surface area contributed by atoms with E-state index in [2.05, 4.69) is 31.2 Å². The van der Waals surface area contributed by atoms with Gasteiger partial charge in [0.15, 0.2) is 5.13 Å². The first-order valence-corrected chi connectivity index (χ1v) is 7.76. The monoisotopic (exact) mass is 334 g/mol. The van der Waals surface area contributed by atoms with E-state index in [0.29, 0.717) is 42.1 Å². The lowest BCUT2D eigenvalue weighted by Gasteiger charge is -2.23. The lowest BCUT2D eigenvalue weighted by atomic mass is 10.4. The smallest absolute Gasteiger partial charge is 0.189 e. The Labute approximate surface area is 138 Å². The molecule has 8 nitrogen and oxygen atoms in total. The Morgan fingerprint density at radius 3 is 2.57 bits per heavy atom. The molecule has 2 rings (SSSR count). The van der Waals surface area contributed by atoms with Gasteiger partial charge in [-0.25, -0.2) is 15.0 Å². The zero-order valence-electron chi connectivity index (χ0n) is 13.0. The summed E-state index contributed by atoms with van der Waals surface area (Å²) in [6, 6.07) is 3.89.